The van der Waals surface area contributed by atoms with Gasteiger partial charge < -0.3 is 57.5 Å². The number of aromatic nitrogens is 2. The number of hydrogen-bond acceptors (Lipinski definition) is 13. The molecule has 0 saturated heterocycles. The number of nitrogens with one attached hydrogen (secondary N) is 9. The molecular formula is C55H73N13O10S2. The lowest BCUT2D eigenvalue weighted by molar-refractivity contribution is -0.128. The van der Waals surface area contributed by atoms with Gasteiger partial charge in [0.15, 0.2) is 0 Å². The van der Waals surface area contributed by atoms with E-state index in [1.165, 1.54) is 24.3 Å². The lowest BCUT2D eigenvalue weighted by Gasteiger charge is -2.19. The second kappa shape index (κ2) is 29.7. The molecule has 0 aliphatic carbocycles. The Morgan fingerprint density at radius 3 is 1.41 bits per heavy atom. The number of benzene rings is 4. The molecule has 2 aromatic heterocycles. The van der Waals surface area contributed by atoms with Crippen molar-refractivity contribution >= 4 is 77.4 Å². The number of guanidine groups is 2. The summed E-state index contributed by atoms with van der Waals surface area (Å²) in [4.78, 5) is 68.7. The standard InChI is InChI=1S/C55H73N13O10S2/c1-36-12-18-42(19-13-36)79(73,74)67-54(56)61-26-8-10-48(65-50(69)30-38-34-63-46-22-16-40(77-3)32-44(38)46)52(71)59-25-7-5-6-24-58-28-29-60-53(72)49(66-51(70)31-39-35-64-47-23-17-41(78-4)33-45(39)47)11-9-27-62-55(57)68-80(75,76)43-20-14-37(2)15-21-43/h12-23,32-35,48-49,58,63-64H,5-11,24-31H2,1-4H3,(H,59,71)(H,60,72)(H,65,69)(H,66,70)(H3,56,61,67)(H3,57,62,68)/t48-,49-/m1/s1. The van der Waals surface area contributed by atoms with Crippen LogP contribution in [0.25, 0.3) is 21.8 Å². The van der Waals surface area contributed by atoms with Crippen molar-refractivity contribution < 1.29 is 45.5 Å². The molecule has 0 spiro atoms. The van der Waals surface area contributed by atoms with E-state index < -0.39 is 38.0 Å². The average molecular weight is 1140 g/mol. The summed E-state index contributed by atoms with van der Waals surface area (Å²) in [6.45, 7) is 5.50. The molecule has 0 aliphatic rings. The summed E-state index contributed by atoms with van der Waals surface area (Å²) < 4.78 is 66.4. The van der Waals surface area contributed by atoms with Crippen LogP contribution in [0.15, 0.2) is 117 Å². The molecule has 0 radical (unpaired) electrons. The van der Waals surface area contributed by atoms with Gasteiger partial charge in [0.05, 0.1) is 36.9 Å². The van der Waals surface area contributed by atoms with E-state index in [0.717, 1.165) is 56.9 Å². The molecule has 0 fully saturated rings. The lowest BCUT2D eigenvalue weighted by Crippen LogP contribution is -2.48. The van der Waals surface area contributed by atoms with E-state index in [-0.39, 0.29) is 84.7 Å². The molecule has 6 rings (SSSR count). The van der Waals surface area contributed by atoms with Crippen molar-refractivity contribution in [2.24, 2.45) is 21.5 Å². The van der Waals surface area contributed by atoms with Crippen LogP contribution in [0.2, 0.25) is 0 Å². The highest BCUT2D eigenvalue weighted by molar-refractivity contribution is 7.90. The Balaban J connectivity index is 0.948. The van der Waals surface area contributed by atoms with Gasteiger partial charge in [0.2, 0.25) is 35.5 Å². The Hall–Kier alpha value is -8.16. The molecular weight excluding hydrogens is 1070 g/mol. The van der Waals surface area contributed by atoms with Gasteiger partial charge in [-0.15, -0.1) is 0 Å². The van der Waals surface area contributed by atoms with Crippen molar-refractivity contribution in [1.82, 2.24) is 46.0 Å². The number of methoxy groups -OCH3 is 2. The third-order valence-electron chi connectivity index (χ3n) is 12.9. The minimum atomic E-state index is -3.96. The number of ether oxygens (including phenoxy) is 2. The second-order valence-corrected chi connectivity index (χ2v) is 22.5. The quantitative estimate of drug-likeness (QED) is 0.0170. The Labute approximate surface area is 466 Å². The molecule has 0 unspecified atom stereocenters. The summed E-state index contributed by atoms with van der Waals surface area (Å²) in [5, 5.41) is 16.5. The van der Waals surface area contributed by atoms with Gasteiger partial charge in [-0.2, -0.15) is 0 Å². The number of nitrogens with two attached hydrogens (primary N) is 2. The summed E-state index contributed by atoms with van der Waals surface area (Å²) >= 11 is 0. The number of rotatable bonds is 31. The van der Waals surface area contributed by atoms with E-state index in [1.54, 1.807) is 50.9 Å². The van der Waals surface area contributed by atoms with Crippen LogP contribution in [-0.2, 0) is 52.1 Å². The van der Waals surface area contributed by atoms with Crippen molar-refractivity contribution in [3.05, 3.63) is 120 Å². The van der Waals surface area contributed by atoms with E-state index in [2.05, 4.69) is 56.0 Å². The number of hydrogen-bond donors (Lipinski definition) is 11. The zero-order chi connectivity index (χ0) is 57.7. The van der Waals surface area contributed by atoms with Crippen molar-refractivity contribution in [2.75, 3.05) is 53.5 Å². The zero-order valence-corrected chi connectivity index (χ0v) is 47.1. The van der Waals surface area contributed by atoms with Crippen molar-refractivity contribution in [2.45, 2.75) is 93.5 Å². The third-order valence-corrected chi connectivity index (χ3v) is 15.6. The number of aliphatic imine (C=N–C) groups is 2. The van der Waals surface area contributed by atoms with Crippen LogP contribution in [0.5, 0.6) is 11.5 Å². The summed E-state index contributed by atoms with van der Waals surface area (Å²) in [5.74, 6) is -0.873. The van der Waals surface area contributed by atoms with Gasteiger partial charge in [-0.05, 0) is 131 Å². The van der Waals surface area contributed by atoms with Crippen LogP contribution in [0.1, 0.15) is 67.2 Å². The molecule has 4 aromatic carbocycles. The molecule has 80 heavy (non-hydrogen) atoms. The molecule has 13 N–H and O–H groups in total. The maximum absolute atomic E-state index is 13.6. The number of sulfonamides is 2. The number of fused-ring (bicyclic) bond motifs is 2. The topological polar surface area (TPSA) is 348 Å². The first-order valence-corrected chi connectivity index (χ1v) is 29.2. The summed E-state index contributed by atoms with van der Waals surface area (Å²) in [6.07, 6.45) is 6.60. The highest BCUT2D eigenvalue weighted by Gasteiger charge is 2.24. The first-order chi connectivity index (χ1) is 38.3. The summed E-state index contributed by atoms with van der Waals surface area (Å²) in [5.41, 5.74) is 16.8. The van der Waals surface area contributed by atoms with E-state index in [0.29, 0.717) is 50.4 Å². The van der Waals surface area contributed by atoms with Crippen LogP contribution < -0.4 is 57.0 Å². The predicted octanol–water partition coefficient (Wildman–Crippen LogP) is 3.18. The van der Waals surface area contributed by atoms with Crippen molar-refractivity contribution in [3.63, 3.8) is 0 Å². The highest BCUT2D eigenvalue weighted by atomic mass is 32.2. The number of aromatic amines is 2. The molecule has 23 nitrogen and oxygen atoms in total. The molecule has 0 aliphatic heterocycles. The fourth-order valence-corrected chi connectivity index (χ4v) is 10.4. The molecule has 2 atom stereocenters. The zero-order valence-electron chi connectivity index (χ0n) is 45.4. The number of aryl methyl sites for hydroxylation is 2. The summed E-state index contributed by atoms with van der Waals surface area (Å²) in [6, 6.07) is 21.7. The normalized spacial score (nSPS) is 12.8. The fourth-order valence-electron chi connectivity index (χ4n) is 8.53. The molecule has 2 heterocycles. The minimum Gasteiger partial charge on any atom is -0.497 e. The van der Waals surface area contributed by atoms with E-state index in [4.69, 9.17) is 20.9 Å². The van der Waals surface area contributed by atoms with E-state index in [1.807, 2.05) is 50.2 Å². The first-order valence-electron chi connectivity index (χ1n) is 26.3. The smallest absolute Gasteiger partial charge is 0.264 e. The van der Waals surface area contributed by atoms with Gasteiger partial charge in [0.1, 0.15) is 23.6 Å². The number of unbranched alkanes of at least 4 members (excludes halogenated alkanes) is 2. The van der Waals surface area contributed by atoms with Gasteiger partial charge in [0.25, 0.3) is 20.0 Å². The molecule has 25 heteroatoms. The third kappa shape index (κ3) is 18.8. The van der Waals surface area contributed by atoms with Crippen LogP contribution >= 0.6 is 0 Å². The monoisotopic (exact) mass is 1140 g/mol. The van der Waals surface area contributed by atoms with E-state index in [9.17, 15) is 36.0 Å². The molecule has 6 aromatic rings. The Bertz CT molecular complexity index is 3120. The molecule has 430 valence electrons. The van der Waals surface area contributed by atoms with Crippen molar-refractivity contribution in [3.8, 4) is 11.5 Å². The highest BCUT2D eigenvalue weighted by Crippen LogP contribution is 2.25. The Morgan fingerprint density at radius 2 is 0.975 bits per heavy atom. The molecule has 4 amide bonds. The summed E-state index contributed by atoms with van der Waals surface area (Å²) in [7, 11) is -4.79. The van der Waals surface area contributed by atoms with Crippen molar-refractivity contribution in [1.29, 1.82) is 0 Å². The number of H-pyrrole nitrogens is 2. The Kier molecular flexibility index (Phi) is 22.7. The molecule has 0 saturated carbocycles. The van der Waals surface area contributed by atoms with Crippen LogP contribution in [0.4, 0.5) is 0 Å². The van der Waals surface area contributed by atoms with E-state index >= 15 is 0 Å². The minimum absolute atomic E-state index is 0.00332. The lowest BCUT2D eigenvalue weighted by atomic mass is 10.1. The van der Waals surface area contributed by atoms with Gasteiger partial charge in [-0.25, -0.2) is 26.3 Å². The number of carbonyl (C=O) groups excluding carboxylic acids is 4. The fraction of sp³-hybridized carbons (Fsp3) is 0.382. The van der Waals surface area contributed by atoms with Gasteiger partial charge in [-0.3, -0.25) is 29.2 Å². The maximum atomic E-state index is 13.6. The van der Waals surface area contributed by atoms with Gasteiger partial charge >= 0.3 is 0 Å². The molecule has 0 bridgehead atoms. The van der Waals surface area contributed by atoms with Crippen LogP contribution in [-0.4, -0.2) is 128 Å². The number of carbonyl (C=O) groups is 4. The largest absolute Gasteiger partial charge is 0.497 e. The van der Waals surface area contributed by atoms with Gasteiger partial charge in [0, 0.05) is 66.9 Å². The Morgan fingerprint density at radius 1 is 0.550 bits per heavy atom. The first kappa shape index (κ1) is 61.1. The second-order valence-electron chi connectivity index (χ2n) is 19.1. The van der Waals surface area contributed by atoms with Crippen LogP contribution in [0.3, 0.4) is 0 Å². The number of amides is 4. The predicted molar refractivity (Wildman–Crippen MR) is 308 cm³/mol. The van der Waals surface area contributed by atoms with Gasteiger partial charge in [-0.1, -0.05) is 41.8 Å². The number of nitrogens with zero attached hydrogens (tertiary/aromatic N) is 2. The SMILES string of the molecule is COc1ccc2[nH]cc(CC(=O)N[C@H](CCCN=C(N)NS(=O)(=O)c3ccc(C)cc3)C(=O)NCCCCCNCCNC(=O)[C@@H](CCCN=C(N)NS(=O)(=O)c3ccc(C)cc3)NC(=O)Cc3c[nH]c4ccc(OC)cc34)c2c1. The maximum Gasteiger partial charge on any atom is 0.264 e. The van der Waals surface area contributed by atoms with Crippen LogP contribution in [0, 0.1) is 13.8 Å². The average Bonchev–Trinajstić information content (AvgIpc) is 4.05.